The van der Waals surface area contributed by atoms with Crippen molar-refractivity contribution >= 4 is 11.3 Å². The fraction of sp³-hybridized carbons (Fsp3) is 0. The molecule has 0 saturated carbocycles. The molecule has 10 heavy (non-hydrogen) atoms. The van der Waals surface area contributed by atoms with Crippen molar-refractivity contribution in [3.63, 3.8) is 0 Å². The molecule has 4 heteroatoms. The Balaban J connectivity index is 2.37. The van der Waals surface area contributed by atoms with Gasteiger partial charge < -0.3 is 9.47 Å². The van der Waals surface area contributed by atoms with E-state index in [0.717, 1.165) is 0 Å². The molecule has 1 aromatic rings. The Labute approximate surface area is 60.5 Å². The maximum absolute atomic E-state index is 11.7. The first kappa shape index (κ1) is 5.73. The van der Waals surface area contributed by atoms with Crippen LogP contribution in [0.3, 0.4) is 0 Å². The normalized spacial score (nSPS) is 13.9. The number of rotatable bonds is 0. The lowest BCUT2D eigenvalue weighted by Gasteiger charge is -1.90. The molecule has 0 N–H and O–H groups in total. The molecule has 0 unspecified atom stereocenters. The van der Waals surface area contributed by atoms with E-state index in [2.05, 4.69) is 0 Å². The van der Waals surface area contributed by atoms with Crippen LogP contribution in [0, 0.1) is 0 Å². The van der Waals surface area contributed by atoms with Gasteiger partial charge in [-0.25, -0.2) is 4.39 Å². The maximum atomic E-state index is 11.7. The third kappa shape index (κ3) is 0.690. The van der Waals surface area contributed by atoms with E-state index in [-0.39, 0.29) is 5.95 Å². The molecule has 52 valence electrons. The van der Waals surface area contributed by atoms with Gasteiger partial charge in [-0.3, -0.25) is 0 Å². The number of halogens is 1. The van der Waals surface area contributed by atoms with Crippen LogP contribution in [0.15, 0.2) is 23.0 Å². The minimum atomic E-state index is -0.0854. The summed E-state index contributed by atoms with van der Waals surface area (Å²) >= 11 is 1.45. The lowest BCUT2D eigenvalue weighted by molar-refractivity contribution is 0.275. The number of hydrogen-bond donors (Lipinski definition) is 0. The molecule has 0 fully saturated rings. The SMILES string of the molecule is FC=C1Oc2cscc2O1. The highest BCUT2D eigenvalue weighted by atomic mass is 32.1. The highest BCUT2D eigenvalue weighted by Crippen LogP contribution is 2.39. The summed E-state index contributed by atoms with van der Waals surface area (Å²) in [5.74, 6) is 1.10. The summed E-state index contributed by atoms with van der Waals surface area (Å²) in [5.41, 5.74) is 0. The van der Waals surface area contributed by atoms with Gasteiger partial charge in [0.2, 0.25) is 0 Å². The molecule has 0 saturated heterocycles. The molecule has 2 nitrogen and oxygen atoms in total. The van der Waals surface area contributed by atoms with Gasteiger partial charge >= 0.3 is 5.95 Å². The van der Waals surface area contributed by atoms with Crippen LogP contribution in [0.25, 0.3) is 0 Å². The van der Waals surface area contributed by atoms with Gasteiger partial charge in [0, 0.05) is 10.8 Å². The highest BCUT2D eigenvalue weighted by Gasteiger charge is 2.19. The summed E-state index contributed by atoms with van der Waals surface area (Å²) in [7, 11) is 0. The van der Waals surface area contributed by atoms with Crippen LogP contribution >= 0.6 is 11.3 Å². The molecule has 0 radical (unpaired) electrons. The molecular formula is C6H3FO2S. The molecule has 1 aromatic heterocycles. The predicted molar refractivity (Wildman–Crippen MR) is 34.8 cm³/mol. The monoisotopic (exact) mass is 158 g/mol. The minimum absolute atomic E-state index is 0.0854. The Morgan fingerprint density at radius 1 is 1.30 bits per heavy atom. The number of fused-ring (bicyclic) bond motifs is 1. The van der Waals surface area contributed by atoms with Crippen molar-refractivity contribution in [2.45, 2.75) is 0 Å². The third-order valence-corrected chi connectivity index (χ3v) is 1.80. The molecule has 2 heterocycles. The second-order valence-electron chi connectivity index (χ2n) is 1.73. The number of ether oxygens (including phenoxy) is 2. The molecule has 0 spiro atoms. The van der Waals surface area contributed by atoms with Crippen LogP contribution in [0.5, 0.6) is 11.5 Å². The van der Waals surface area contributed by atoms with Crippen molar-refractivity contribution in [1.29, 1.82) is 0 Å². The highest BCUT2D eigenvalue weighted by molar-refractivity contribution is 7.08. The van der Waals surface area contributed by atoms with E-state index in [1.165, 1.54) is 11.3 Å². The summed E-state index contributed by atoms with van der Waals surface area (Å²) in [4.78, 5) is 0. The van der Waals surface area contributed by atoms with Crippen LogP contribution in [0.2, 0.25) is 0 Å². The van der Waals surface area contributed by atoms with E-state index >= 15 is 0 Å². The van der Waals surface area contributed by atoms with Crippen LogP contribution in [0.1, 0.15) is 0 Å². The molecule has 0 amide bonds. The zero-order valence-electron chi connectivity index (χ0n) is 4.83. The summed E-state index contributed by atoms with van der Waals surface area (Å²) in [5, 5.41) is 3.51. The van der Waals surface area contributed by atoms with Gasteiger partial charge in [-0.1, -0.05) is 0 Å². The first-order valence-corrected chi connectivity index (χ1v) is 3.56. The predicted octanol–water partition coefficient (Wildman–Crippen LogP) is 2.29. The van der Waals surface area contributed by atoms with Gasteiger partial charge in [-0.2, -0.15) is 0 Å². The second-order valence-corrected chi connectivity index (χ2v) is 2.48. The quantitative estimate of drug-likeness (QED) is 0.576. The zero-order chi connectivity index (χ0) is 6.97. The topological polar surface area (TPSA) is 18.5 Å². The smallest absolute Gasteiger partial charge is 0.320 e. The first-order valence-electron chi connectivity index (χ1n) is 2.62. The van der Waals surface area contributed by atoms with Crippen LogP contribution in [-0.4, -0.2) is 0 Å². The molecular weight excluding hydrogens is 155 g/mol. The number of hydrogen-bond acceptors (Lipinski definition) is 3. The molecule has 2 rings (SSSR count). The Hall–Kier alpha value is -1.03. The zero-order valence-corrected chi connectivity index (χ0v) is 5.65. The van der Waals surface area contributed by atoms with E-state index in [4.69, 9.17) is 9.47 Å². The van der Waals surface area contributed by atoms with Gasteiger partial charge in [0.25, 0.3) is 0 Å². The molecule has 0 bridgehead atoms. The summed E-state index contributed by atoms with van der Waals surface area (Å²) in [6.45, 7) is 0. The summed E-state index contributed by atoms with van der Waals surface area (Å²) in [6.07, 6.45) is 0.296. The molecule has 0 aliphatic carbocycles. The lowest BCUT2D eigenvalue weighted by atomic mass is 10.6. The second kappa shape index (κ2) is 1.98. The van der Waals surface area contributed by atoms with Crippen molar-refractivity contribution in [2.24, 2.45) is 0 Å². The van der Waals surface area contributed by atoms with Gasteiger partial charge in [-0.15, -0.1) is 11.3 Å². The van der Waals surface area contributed by atoms with E-state index in [1.807, 2.05) is 0 Å². The van der Waals surface area contributed by atoms with Crippen molar-refractivity contribution in [3.8, 4) is 11.5 Å². The standard InChI is InChI=1S/C6H3FO2S/c7-1-6-8-4-2-10-3-5(4)9-6/h1-3H. The van der Waals surface area contributed by atoms with Crippen molar-refractivity contribution in [2.75, 3.05) is 0 Å². The summed E-state index contributed by atoms with van der Waals surface area (Å²) < 4.78 is 21.5. The van der Waals surface area contributed by atoms with E-state index < -0.39 is 0 Å². The average molecular weight is 158 g/mol. The largest absolute Gasteiger partial charge is 0.419 e. The average Bonchev–Trinajstić information content (AvgIpc) is 2.42. The van der Waals surface area contributed by atoms with E-state index in [1.54, 1.807) is 10.8 Å². The van der Waals surface area contributed by atoms with Crippen LogP contribution in [0.4, 0.5) is 4.39 Å². The lowest BCUT2D eigenvalue weighted by Crippen LogP contribution is -1.91. The Kier molecular flexibility index (Phi) is 1.14. The third-order valence-electron chi connectivity index (χ3n) is 1.10. The van der Waals surface area contributed by atoms with Gasteiger partial charge in [0.1, 0.15) is 0 Å². The maximum Gasteiger partial charge on any atom is 0.320 e. The minimum Gasteiger partial charge on any atom is -0.419 e. The Bertz CT molecular complexity index is 257. The fourth-order valence-electron chi connectivity index (χ4n) is 0.705. The van der Waals surface area contributed by atoms with Crippen LogP contribution in [-0.2, 0) is 0 Å². The molecule has 1 aliphatic rings. The first-order chi connectivity index (χ1) is 4.90. The molecule has 1 aliphatic heterocycles. The fourth-order valence-corrected chi connectivity index (χ4v) is 1.35. The Morgan fingerprint density at radius 2 is 1.90 bits per heavy atom. The van der Waals surface area contributed by atoms with Crippen LogP contribution < -0.4 is 9.47 Å². The van der Waals surface area contributed by atoms with Gasteiger partial charge in [-0.05, 0) is 0 Å². The van der Waals surface area contributed by atoms with Crippen molar-refractivity contribution in [1.82, 2.24) is 0 Å². The number of thiophene rings is 1. The van der Waals surface area contributed by atoms with Gasteiger partial charge in [0.15, 0.2) is 17.8 Å². The molecule has 0 aromatic carbocycles. The summed E-state index contributed by atoms with van der Waals surface area (Å²) in [6, 6.07) is 0. The van der Waals surface area contributed by atoms with Crippen molar-refractivity contribution in [3.05, 3.63) is 23.0 Å². The van der Waals surface area contributed by atoms with E-state index in [0.29, 0.717) is 17.8 Å². The molecule has 0 atom stereocenters. The van der Waals surface area contributed by atoms with Crippen molar-refractivity contribution < 1.29 is 13.9 Å². The Morgan fingerprint density at radius 3 is 2.40 bits per heavy atom. The van der Waals surface area contributed by atoms with Gasteiger partial charge in [0.05, 0.1) is 0 Å². The van der Waals surface area contributed by atoms with E-state index in [9.17, 15) is 4.39 Å².